The van der Waals surface area contributed by atoms with Crippen LogP contribution in [0.3, 0.4) is 0 Å². The van der Waals surface area contributed by atoms with Crippen LogP contribution in [-0.4, -0.2) is 61.7 Å². The number of ether oxygens (including phenoxy) is 1. The Kier molecular flexibility index (Phi) is 7.20. The van der Waals surface area contributed by atoms with Crippen molar-refractivity contribution in [1.29, 1.82) is 0 Å². The predicted octanol–water partition coefficient (Wildman–Crippen LogP) is 0.869. The second kappa shape index (κ2) is 9.18. The van der Waals surface area contributed by atoms with Gasteiger partial charge in [0.05, 0.1) is 18.8 Å². The lowest BCUT2D eigenvalue weighted by Gasteiger charge is -2.22. The van der Waals surface area contributed by atoms with E-state index >= 15 is 0 Å². The molecule has 0 aromatic heterocycles. The fourth-order valence-electron chi connectivity index (χ4n) is 3.16. The van der Waals surface area contributed by atoms with E-state index in [4.69, 9.17) is 4.74 Å². The Bertz CT molecular complexity index is 763. The van der Waals surface area contributed by atoms with Gasteiger partial charge in [-0.2, -0.15) is 4.31 Å². The van der Waals surface area contributed by atoms with Crippen molar-refractivity contribution in [2.75, 3.05) is 26.0 Å². The summed E-state index contributed by atoms with van der Waals surface area (Å²) in [6.45, 7) is 2.68. The number of carbonyl (C=O) groups is 2. The minimum atomic E-state index is -3.46. The Balaban J connectivity index is 1.96. The quantitative estimate of drug-likeness (QED) is 0.638. The molecule has 9 heteroatoms. The topological polar surface area (TPSA) is 113 Å². The molecule has 2 atom stereocenters. The number of amides is 1. The molecule has 1 aromatic carbocycles. The molecule has 1 heterocycles. The first-order chi connectivity index (χ1) is 12.7. The first kappa shape index (κ1) is 21.2. The molecule has 0 radical (unpaired) electrons. The second-order valence-corrected chi connectivity index (χ2v) is 8.53. The number of carboxylic acids is 1. The van der Waals surface area contributed by atoms with E-state index < -0.39 is 33.9 Å². The highest BCUT2D eigenvalue weighted by molar-refractivity contribution is 7.88. The summed E-state index contributed by atoms with van der Waals surface area (Å²) in [5.41, 5.74) is 0.818. The smallest absolute Gasteiger partial charge is 0.308 e. The van der Waals surface area contributed by atoms with Gasteiger partial charge in [-0.1, -0.05) is 12.1 Å². The van der Waals surface area contributed by atoms with Gasteiger partial charge < -0.3 is 15.2 Å². The predicted molar refractivity (Wildman–Crippen MR) is 100 cm³/mol. The molecule has 1 fully saturated rings. The minimum Gasteiger partial charge on any atom is -0.494 e. The van der Waals surface area contributed by atoms with Crippen LogP contribution in [0, 0.1) is 5.92 Å². The van der Waals surface area contributed by atoms with Gasteiger partial charge in [0.1, 0.15) is 11.8 Å². The molecular formula is C18H26N2O6S. The third-order valence-corrected chi connectivity index (χ3v) is 5.81. The number of benzene rings is 1. The Hall–Kier alpha value is -2.13. The second-order valence-electron chi connectivity index (χ2n) is 6.59. The molecule has 2 rings (SSSR count). The zero-order chi connectivity index (χ0) is 20.0. The van der Waals surface area contributed by atoms with Crippen LogP contribution >= 0.6 is 0 Å². The van der Waals surface area contributed by atoms with Crippen LogP contribution in [0.15, 0.2) is 24.3 Å². The molecule has 1 aromatic rings. The van der Waals surface area contributed by atoms with E-state index in [1.807, 2.05) is 6.92 Å². The Morgan fingerprint density at radius 2 is 2.00 bits per heavy atom. The van der Waals surface area contributed by atoms with Crippen molar-refractivity contribution in [2.45, 2.75) is 32.2 Å². The Labute approximate surface area is 159 Å². The first-order valence-electron chi connectivity index (χ1n) is 8.91. The summed E-state index contributed by atoms with van der Waals surface area (Å²) in [6.07, 6.45) is 2.38. The van der Waals surface area contributed by atoms with Gasteiger partial charge in [0.2, 0.25) is 15.9 Å². The van der Waals surface area contributed by atoms with Gasteiger partial charge in [0.15, 0.2) is 0 Å². The average Bonchev–Trinajstić information content (AvgIpc) is 3.10. The summed E-state index contributed by atoms with van der Waals surface area (Å²) in [7, 11) is -3.46. The third kappa shape index (κ3) is 5.93. The fraction of sp³-hybridized carbons (Fsp3) is 0.556. The maximum Gasteiger partial charge on any atom is 0.308 e. The third-order valence-electron chi connectivity index (χ3n) is 4.52. The zero-order valence-corrected chi connectivity index (χ0v) is 16.4. The molecule has 8 nitrogen and oxygen atoms in total. The zero-order valence-electron chi connectivity index (χ0n) is 15.6. The molecule has 1 aliphatic heterocycles. The van der Waals surface area contributed by atoms with E-state index in [-0.39, 0.29) is 13.0 Å². The van der Waals surface area contributed by atoms with Crippen LogP contribution in [0.25, 0.3) is 0 Å². The number of aliphatic carboxylic acids is 1. The number of hydrogen-bond acceptors (Lipinski definition) is 5. The van der Waals surface area contributed by atoms with Crippen LogP contribution in [-0.2, 0) is 26.0 Å². The molecule has 27 heavy (non-hydrogen) atoms. The molecule has 2 N–H and O–H groups in total. The van der Waals surface area contributed by atoms with Crippen molar-refractivity contribution in [3.8, 4) is 5.75 Å². The molecule has 1 amide bonds. The first-order valence-corrected chi connectivity index (χ1v) is 10.8. The van der Waals surface area contributed by atoms with Crippen molar-refractivity contribution in [1.82, 2.24) is 9.62 Å². The summed E-state index contributed by atoms with van der Waals surface area (Å²) in [6, 6.07) is 6.38. The van der Waals surface area contributed by atoms with E-state index in [1.165, 1.54) is 4.31 Å². The van der Waals surface area contributed by atoms with Gasteiger partial charge in [0, 0.05) is 13.1 Å². The summed E-state index contributed by atoms with van der Waals surface area (Å²) < 4.78 is 30.0. The summed E-state index contributed by atoms with van der Waals surface area (Å²) >= 11 is 0. The van der Waals surface area contributed by atoms with Crippen LogP contribution in [0.4, 0.5) is 0 Å². The lowest BCUT2D eigenvalue weighted by molar-refractivity contribution is -0.141. The van der Waals surface area contributed by atoms with Crippen LogP contribution < -0.4 is 10.1 Å². The van der Waals surface area contributed by atoms with E-state index in [1.54, 1.807) is 24.3 Å². The fourth-order valence-corrected chi connectivity index (χ4v) is 4.28. The summed E-state index contributed by atoms with van der Waals surface area (Å²) in [5, 5.41) is 12.1. The maximum absolute atomic E-state index is 12.4. The molecule has 0 aliphatic carbocycles. The van der Waals surface area contributed by atoms with Crippen LogP contribution in [0.5, 0.6) is 5.75 Å². The van der Waals surface area contributed by atoms with Crippen molar-refractivity contribution in [2.24, 2.45) is 5.92 Å². The van der Waals surface area contributed by atoms with E-state index in [0.29, 0.717) is 31.7 Å². The molecule has 0 saturated carbocycles. The summed E-state index contributed by atoms with van der Waals surface area (Å²) in [5.74, 6) is -1.56. The normalized spacial score (nSPS) is 18.8. The maximum atomic E-state index is 12.4. The number of hydrogen-bond donors (Lipinski definition) is 2. The van der Waals surface area contributed by atoms with Gasteiger partial charge >= 0.3 is 5.97 Å². The van der Waals surface area contributed by atoms with Gasteiger partial charge in [0.25, 0.3) is 0 Å². The van der Waals surface area contributed by atoms with Crippen molar-refractivity contribution < 1.29 is 27.9 Å². The summed E-state index contributed by atoms with van der Waals surface area (Å²) in [4.78, 5) is 23.9. The van der Waals surface area contributed by atoms with Crippen molar-refractivity contribution in [3.05, 3.63) is 29.8 Å². The molecule has 1 aliphatic rings. The Morgan fingerprint density at radius 1 is 1.33 bits per heavy atom. The molecule has 0 spiro atoms. The van der Waals surface area contributed by atoms with Crippen molar-refractivity contribution >= 4 is 21.9 Å². The van der Waals surface area contributed by atoms with Crippen LogP contribution in [0.2, 0.25) is 0 Å². The lowest BCUT2D eigenvalue weighted by Crippen LogP contribution is -2.47. The van der Waals surface area contributed by atoms with E-state index in [2.05, 4.69) is 5.32 Å². The van der Waals surface area contributed by atoms with E-state index in [0.717, 1.165) is 11.8 Å². The minimum absolute atomic E-state index is 0.0600. The highest BCUT2D eigenvalue weighted by Crippen LogP contribution is 2.21. The Morgan fingerprint density at radius 3 is 2.56 bits per heavy atom. The molecule has 0 bridgehead atoms. The number of carboxylic acid groups (broad SMARTS) is 1. The molecule has 1 saturated heterocycles. The van der Waals surface area contributed by atoms with Gasteiger partial charge in [-0.3, -0.25) is 9.59 Å². The number of carbonyl (C=O) groups excluding carboxylic acids is 1. The number of nitrogens with one attached hydrogen (secondary N) is 1. The standard InChI is InChI=1S/C18H26N2O6S/c1-3-26-15-8-6-13(7-9-15)11-14(18(22)23)12-19-17(21)16-5-4-10-20(16)27(2,24)25/h6-9,14,16H,3-5,10-12H2,1-2H3,(H,19,21)(H,22,23)/t14-,16-/m0/s1. The van der Waals surface area contributed by atoms with Gasteiger partial charge in [-0.25, -0.2) is 8.42 Å². The molecule has 150 valence electrons. The highest BCUT2D eigenvalue weighted by atomic mass is 32.2. The number of sulfonamides is 1. The number of rotatable bonds is 9. The SMILES string of the molecule is CCOc1ccc(C[C@@H](CNC(=O)[C@@H]2CCCN2S(C)(=O)=O)C(=O)O)cc1. The van der Waals surface area contributed by atoms with Crippen LogP contribution in [0.1, 0.15) is 25.3 Å². The lowest BCUT2D eigenvalue weighted by atomic mass is 9.99. The largest absolute Gasteiger partial charge is 0.494 e. The molecular weight excluding hydrogens is 372 g/mol. The highest BCUT2D eigenvalue weighted by Gasteiger charge is 2.36. The monoisotopic (exact) mass is 398 g/mol. The van der Waals surface area contributed by atoms with Crippen molar-refractivity contribution in [3.63, 3.8) is 0 Å². The van der Waals surface area contributed by atoms with Gasteiger partial charge in [-0.15, -0.1) is 0 Å². The van der Waals surface area contributed by atoms with Gasteiger partial charge in [-0.05, 0) is 43.9 Å². The number of nitrogens with zero attached hydrogens (tertiary/aromatic N) is 1. The molecule has 0 unspecified atom stereocenters. The van der Waals surface area contributed by atoms with E-state index in [9.17, 15) is 23.1 Å². The average molecular weight is 398 g/mol.